The summed E-state index contributed by atoms with van der Waals surface area (Å²) < 4.78 is 0. The number of hydrogen-bond donors (Lipinski definition) is 11. The average molecular weight is 696 g/mol. The molecule has 3 amide bonds. The number of amides is 3. The van der Waals surface area contributed by atoms with E-state index in [2.05, 4.69) is 26.3 Å². The van der Waals surface area contributed by atoms with Gasteiger partial charge in [-0.05, 0) is 62.3 Å². The van der Waals surface area contributed by atoms with E-state index >= 15 is 0 Å². The quantitative estimate of drug-likeness (QED) is 0.0282. The first-order chi connectivity index (χ1) is 22.5. The van der Waals surface area contributed by atoms with E-state index in [1.54, 1.807) is 13.8 Å². The molecule has 1 aromatic rings. The third kappa shape index (κ3) is 15.8. The number of carboxylic acids is 2. The second-order valence-electron chi connectivity index (χ2n) is 11.6. The van der Waals surface area contributed by atoms with Crippen molar-refractivity contribution < 1.29 is 39.3 Å². The molecule has 0 saturated carbocycles. The molecule has 0 bridgehead atoms. The number of carbonyl (C=O) groups is 5. The number of benzene rings is 1. The number of phenolic OH excluding ortho intramolecular Hbond substituents is 1. The van der Waals surface area contributed by atoms with Gasteiger partial charge in [-0.15, -0.1) is 0 Å². The van der Waals surface area contributed by atoms with Gasteiger partial charge in [0.25, 0.3) is 0 Å². The van der Waals surface area contributed by atoms with Gasteiger partial charge in [0.15, 0.2) is 5.96 Å². The molecule has 15 N–H and O–H groups in total. The lowest BCUT2D eigenvalue weighted by Crippen LogP contribution is -2.59. The minimum absolute atomic E-state index is 0.00919. The highest BCUT2D eigenvalue weighted by Gasteiger charge is 2.33. The van der Waals surface area contributed by atoms with Crippen molar-refractivity contribution in [1.82, 2.24) is 21.3 Å². The zero-order chi connectivity index (χ0) is 36.4. The molecule has 0 saturated heterocycles. The Morgan fingerprint density at radius 1 is 0.833 bits per heavy atom. The van der Waals surface area contributed by atoms with Crippen molar-refractivity contribution in [3.63, 3.8) is 0 Å². The summed E-state index contributed by atoms with van der Waals surface area (Å²) in [5.74, 6) is -5.52. The fraction of sp³-hybridized carbons (Fsp3) is 0.567. The van der Waals surface area contributed by atoms with Gasteiger partial charge < -0.3 is 59.5 Å². The van der Waals surface area contributed by atoms with Crippen LogP contribution in [0, 0.1) is 5.92 Å². The van der Waals surface area contributed by atoms with Gasteiger partial charge in [0.1, 0.15) is 23.9 Å². The van der Waals surface area contributed by atoms with Crippen LogP contribution >= 0.6 is 12.2 Å². The Morgan fingerprint density at radius 2 is 1.46 bits per heavy atom. The smallest absolute Gasteiger partial charge is 0.326 e. The Hall–Kier alpha value is -4.55. The first-order valence-corrected chi connectivity index (χ1v) is 15.9. The molecule has 0 heterocycles. The molecule has 0 aromatic heterocycles. The number of aromatic hydroxyl groups is 1. The number of nitrogens with zero attached hydrogens (tertiary/aromatic N) is 1. The Kier molecular flexibility index (Phi) is 18.4. The van der Waals surface area contributed by atoms with Gasteiger partial charge in [0.05, 0.1) is 23.5 Å². The van der Waals surface area contributed by atoms with Crippen LogP contribution in [0.15, 0.2) is 29.3 Å². The summed E-state index contributed by atoms with van der Waals surface area (Å²) in [7, 11) is 0. The Balaban J connectivity index is 3.07. The summed E-state index contributed by atoms with van der Waals surface area (Å²) in [4.78, 5) is 67.0. The molecule has 0 aliphatic heterocycles. The standard InChI is InChI=1S/C30H49N9O8S/c1-16(2)24(27(45)37-22(29(46)47)14-17-8-10-18(40)11-9-17)39-26(44)21(15-23(41)42)38-28(48)20(7-3-4-12-31)36-25(43)19(32)6-5-13-35-30(33)34/h8-11,16,19-22,24,40H,3-7,12-15,31-32H2,1-2H3,(H,36,43)(H,37,45)(H,38,48)(H,39,44)(H,41,42)(H,46,47)(H4,33,34,35)/t19-,20-,21-,22-,24-/m0/s1. The van der Waals surface area contributed by atoms with Gasteiger partial charge >= 0.3 is 11.9 Å². The van der Waals surface area contributed by atoms with Gasteiger partial charge in [0, 0.05) is 13.0 Å². The summed E-state index contributed by atoms with van der Waals surface area (Å²) in [5, 5.41) is 39.2. The molecule has 268 valence electrons. The largest absolute Gasteiger partial charge is 0.508 e. The van der Waals surface area contributed by atoms with E-state index in [4.69, 9.17) is 35.2 Å². The molecule has 5 atom stereocenters. The van der Waals surface area contributed by atoms with E-state index in [-0.39, 0.29) is 36.1 Å². The predicted molar refractivity (Wildman–Crippen MR) is 183 cm³/mol. The van der Waals surface area contributed by atoms with Gasteiger partial charge in [-0.3, -0.25) is 24.2 Å². The van der Waals surface area contributed by atoms with E-state index in [0.717, 1.165) is 0 Å². The zero-order valence-electron chi connectivity index (χ0n) is 27.2. The molecule has 0 aliphatic rings. The van der Waals surface area contributed by atoms with Crippen LogP contribution in [0.2, 0.25) is 0 Å². The van der Waals surface area contributed by atoms with Crippen LogP contribution in [0.4, 0.5) is 0 Å². The van der Waals surface area contributed by atoms with E-state index in [0.29, 0.717) is 37.8 Å². The number of hydrogen-bond acceptors (Lipinski definition) is 10. The van der Waals surface area contributed by atoms with E-state index in [9.17, 15) is 39.3 Å². The number of carboxylic acid groups (broad SMARTS) is 2. The number of rotatable bonds is 22. The van der Waals surface area contributed by atoms with E-state index in [1.807, 2.05) is 0 Å². The number of phenols is 1. The van der Waals surface area contributed by atoms with Gasteiger partial charge in [-0.2, -0.15) is 0 Å². The second kappa shape index (κ2) is 21.3. The summed E-state index contributed by atoms with van der Waals surface area (Å²) in [6.07, 6.45) is 1.32. The molecular formula is C30H49N9O8S. The van der Waals surface area contributed by atoms with Crippen molar-refractivity contribution >= 4 is 52.8 Å². The van der Waals surface area contributed by atoms with Crippen molar-refractivity contribution in [2.24, 2.45) is 33.8 Å². The molecule has 0 radical (unpaired) electrons. The van der Waals surface area contributed by atoms with Gasteiger partial charge in [-0.25, -0.2) is 4.79 Å². The first kappa shape index (κ1) is 41.5. The number of thiocarbonyl (C=S) groups is 1. The molecule has 0 fully saturated rings. The number of nitrogens with two attached hydrogens (primary N) is 4. The van der Waals surface area contributed by atoms with E-state index < -0.39 is 72.2 Å². The predicted octanol–water partition coefficient (Wildman–Crippen LogP) is -1.60. The zero-order valence-corrected chi connectivity index (χ0v) is 28.0. The Labute approximate surface area is 284 Å². The highest BCUT2D eigenvalue weighted by molar-refractivity contribution is 7.80. The number of aliphatic imine (C=N–C) groups is 1. The van der Waals surface area contributed by atoms with Gasteiger partial charge in [-0.1, -0.05) is 38.2 Å². The number of guanidine groups is 1. The summed E-state index contributed by atoms with van der Waals surface area (Å²) >= 11 is 5.51. The van der Waals surface area contributed by atoms with Crippen LogP contribution < -0.4 is 44.2 Å². The summed E-state index contributed by atoms with van der Waals surface area (Å²) in [6, 6.07) is -0.0337. The topological polar surface area (TPSA) is 311 Å². The maximum atomic E-state index is 13.4. The lowest BCUT2D eigenvalue weighted by Gasteiger charge is -2.28. The number of unbranched alkanes of at least 4 members (excludes halogenated alkanes) is 1. The second-order valence-corrected chi connectivity index (χ2v) is 12.0. The summed E-state index contributed by atoms with van der Waals surface area (Å²) in [6.45, 7) is 3.90. The van der Waals surface area contributed by atoms with Crippen LogP contribution in [0.3, 0.4) is 0 Å². The van der Waals surface area contributed by atoms with Crippen molar-refractivity contribution in [3.05, 3.63) is 29.8 Å². The van der Waals surface area contributed by atoms with Crippen molar-refractivity contribution in [2.45, 2.75) is 89.0 Å². The molecule has 48 heavy (non-hydrogen) atoms. The normalized spacial score (nSPS) is 14.0. The maximum absolute atomic E-state index is 13.4. The van der Waals surface area contributed by atoms with Crippen LogP contribution in [0.1, 0.15) is 57.9 Å². The van der Waals surface area contributed by atoms with Crippen molar-refractivity contribution in [1.29, 1.82) is 0 Å². The molecule has 17 nitrogen and oxygen atoms in total. The number of carbonyl (C=O) groups excluding carboxylic acids is 3. The monoisotopic (exact) mass is 695 g/mol. The molecule has 0 unspecified atom stereocenters. The minimum atomic E-state index is -1.46. The lowest BCUT2D eigenvalue weighted by atomic mass is 10.0. The lowest BCUT2D eigenvalue weighted by molar-refractivity contribution is -0.143. The molecule has 1 rings (SSSR count). The SMILES string of the molecule is CC(C)[C@H](NC(=O)[C@H](CC(=O)O)NC(=S)[C@H](CCCCN)NC(=O)[C@@H](N)CCCN=C(N)N)C(=O)N[C@@H](Cc1ccc(O)cc1)C(=O)O. The number of aliphatic carboxylic acids is 2. The molecular weight excluding hydrogens is 646 g/mol. The molecule has 1 aromatic carbocycles. The number of nitrogens with one attached hydrogen (secondary N) is 4. The van der Waals surface area contributed by atoms with E-state index in [1.165, 1.54) is 24.3 Å². The van der Waals surface area contributed by atoms with Crippen LogP contribution in [-0.4, -0.2) is 99.2 Å². The first-order valence-electron chi connectivity index (χ1n) is 15.5. The minimum Gasteiger partial charge on any atom is -0.508 e. The third-order valence-corrected chi connectivity index (χ3v) is 7.54. The average Bonchev–Trinajstić information content (AvgIpc) is 3.00. The summed E-state index contributed by atoms with van der Waals surface area (Å²) in [5.41, 5.74) is 22.8. The third-order valence-electron chi connectivity index (χ3n) is 7.13. The maximum Gasteiger partial charge on any atom is 0.326 e. The van der Waals surface area contributed by atoms with Gasteiger partial charge in [0.2, 0.25) is 17.7 Å². The fourth-order valence-electron chi connectivity index (χ4n) is 4.47. The highest BCUT2D eigenvalue weighted by atomic mass is 32.1. The fourth-order valence-corrected chi connectivity index (χ4v) is 4.78. The molecule has 0 spiro atoms. The Morgan fingerprint density at radius 3 is 2.00 bits per heavy atom. The highest BCUT2D eigenvalue weighted by Crippen LogP contribution is 2.13. The van der Waals surface area contributed by atoms with Crippen LogP contribution in [0.5, 0.6) is 5.75 Å². The molecule has 0 aliphatic carbocycles. The van der Waals surface area contributed by atoms with Crippen molar-refractivity contribution in [3.8, 4) is 5.75 Å². The Bertz CT molecular complexity index is 1280. The van der Waals surface area contributed by atoms with Crippen LogP contribution in [0.25, 0.3) is 0 Å². The van der Waals surface area contributed by atoms with Crippen molar-refractivity contribution in [2.75, 3.05) is 13.1 Å². The van der Waals surface area contributed by atoms with Crippen LogP contribution in [-0.2, 0) is 30.4 Å². The molecule has 18 heteroatoms.